The van der Waals surface area contributed by atoms with E-state index in [1.807, 2.05) is 25.1 Å². The number of nitrogens with one attached hydrogen (secondary N) is 1. The molecule has 3 rings (SSSR count). The number of ether oxygens (including phenoxy) is 2. The third-order valence-electron chi connectivity index (χ3n) is 4.38. The third kappa shape index (κ3) is 2.90. The second-order valence-corrected chi connectivity index (χ2v) is 6.19. The van der Waals surface area contributed by atoms with Crippen LogP contribution in [0.15, 0.2) is 18.2 Å². The Balaban J connectivity index is 2.26. The number of aromatic nitrogens is 1. The van der Waals surface area contributed by atoms with Gasteiger partial charge in [-0.3, -0.25) is 0 Å². The lowest BCUT2D eigenvalue weighted by Crippen LogP contribution is -2.09. The van der Waals surface area contributed by atoms with E-state index in [9.17, 15) is 5.26 Å². The lowest BCUT2D eigenvalue weighted by molar-refractivity contribution is 0.311. The van der Waals surface area contributed by atoms with Gasteiger partial charge in [0.1, 0.15) is 10.7 Å². The number of nitrogens with zero attached hydrogens (tertiary/aromatic N) is 1. The monoisotopic (exact) mass is 340 g/mol. The van der Waals surface area contributed by atoms with Crippen molar-refractivity contribution >= 4 is 12.2 Å². The van der Waals surface area contributed by atoms with Crippen molar-refractivity contribution in [2.24, 2.45) is 0 Å². The van der Waals surface area contributed by atoms with Gasteiger partial charge in [-0.15, -0.1) is 0 Å². The molecule has 2 aromatic rings. The number of H-pyrrole nitrogens is 1. The molecule has 0 bridgehead atoms. The summed E-state index contributed by atoms with van der Waals surface area (Å²) in [5, 5.41) is 9.64. The fourth-order valence-electron chi connectivity index (χ4n) is 3.31. The highest BCUT2D eigenvalue weighted by molar-refractivity contribution is 7.71. The Morgan fingerprint density at radius 2 is 2.04 bits per heavy atom. The van der Waals surface area contributed by atoms with Gasteiger partial charge in [0.15, 0.2) is 11.5 Å². The van der Waals surface area contributed by atoms with Gasteiger partial charge in [-0.2, -0.15) is 5.26 Å². The number of hydrogen-bond donors (Lipinski definition) is 1. The summed E-state index contributed by atoms with van der Waals surface area (Å²) in [6, 6.07) is 8.09. The number of pyridine rings is 1. The summed E-state index contributed by atoms with van der Waals surface area (Å²) < 4.78 is 11.6. The Morgan fingerprint density at radius 3 is 2.75 bits per heavy atom. The fraction of sp³-hybridized carbons (Fsp3) is 0.368. The first kappa shape index (κ1) is 16.5. The van der Waals surface area contributed by atoms with E-state index >= 15 is 0 Å². The minimum atomic E-state index is 0.516. The van der Waals surface area contributed by atoms with E-state index in [-0.39, 0.29) is 0 Å². The molecule has 1 aromatic carbocycles. The highest BCUT2D eigenvalue weighted by atomic mass is 32.1. The van der Waals surface area contributed by atoms with Gasteiger partial charge in [0, 0.05) is 11.3 Å². The molecule has 1 aliphatic carbocycles. The number of hydrogen-bond acceptors (Lipinski definition) is 4. The summed E-state index contributed by atoms with van der Waals surface area (Å²) in [4.78, 5) is 3.26. The molecular weight excluding hydrogens is 320 g/mol. The van der Waals surface area contributed by atoms with Crippen molar-refractivity contribution in [3.05, 3.63) is 39.7 Å². The first-order valence-electron chi connectivity index (χ1n) is 8.19. The predicted molar refractivity (Wildman–Crippen MR) is 96.1 cm³/mol. The highest BCUT2D eigenvalue weighted by Gasteiger charge is 2.21. The Bertz CT molecular complexity index is 865. The molecule has 1 aromatic heterocycles. The largest absolute Gasteiger partial charge is 0.493 e. The van der Waals surface area contributed by atoms with Crippen LogP contribution in [0.3, 0.4) is 0 Å². The van der Waals surface area contributed by atoms with E-state index in [1.165, 1.54) is 5.56 Å². The van der Waals surface area contributed by atoms with Crippen LogP contribution in [-0.2, 0) is 12.8 Å². The van der Waals surface area contributed by atoms with Crippen molar-refractivity contribution in [3.63, 3.8) is 0 Å². The van der Waals surface area contributed by atoms with E-state index < -0.39 is 0 Å². The van der Waals surface area contributed by atoms with Crippen LogP contribution < -0.4 is 9.47 Å². The Kier molecular flexibility index (Phi) is 4.86. The van der Waals surface area contributed by atoms with Crippen LogP contribution in [0, 0.1) is 16.0 Å². The molecule has 24 heavy (non-hydrogen) atoms. The number of rotatable bonds is 4. The summed E-state index contributed by atoms with van der Waals surface area (Å²) >= 11 is 5.42. The highest BCUT2D eigenvalue weighted by Crippen LogP contribution is 2.38. The van der Waals surface area contributed by atoms with Gasteiger partial charge in [-0.1, -0.05) is 18.3 Å². The van der Waals surface area contributed by atoms with E-state index in [1.54, 1.807) is 7.11 Å². The normalized spacial score (nSPS) is 13.0. The van der Waals surface area contributed by atoms with Crippen LogP contribution in [0.4, 0.5) is 0 Å². The molecular formula is C19H20N2O2S. The maximum absolute atomic E-state index is 9.64. The zero-order valence-electron chi connectivity index (χ0n) is 13.9. The summed E-state index contributed by atoms with van der Waals surface area (Å²) in [6.45, 7) is 2.49. The minimum Gasteiger partial charge on any atom is -0.493 e. The predicted octanol–water partition coefficient (Wildman–Crippen LogP) is 4.57. The molecule has 124 valence electrons. The summed E-state index contributed by atoms with van der Waals surface area (Å²) in [5.74, 6) is 1.37. The maximum atomic E-state index is 9.64. The van der Waals surface area contributed by atoms with Gasteiger partial charge in [0.2, 0.25) is 0 Å². The van der Waals surface area contributed by atoms with Crippen LogP contribution in [0.25, 0.3) is 11.1 Å². The Labute approximate surface area is 147 Å². The van der Waals surface area contributed by atoms with E-state index in [0.717, 1.165) is 42.5 Å². The van der Waals surface area contributed by atoms with Crippen molar-refractivity contribution in [1.29, 1.82) is 5.26 Å². The molecule has 0 saturated carbocycles. The van der Waals surface area contributed by atoms with E-state index in [0.29, 0.717) is 28.3 Å². The second-order valence-electron chi connectivity index (χ2n) is 5.78. The van der Waals surface area contributed by atoms with Gasteiger partial charge in [-0.25, -0.2) is 0 Å². The molecule has 1 aliphatic rings. The van der Waals surface area contributed by atoms with Crippen molar-refractivity contribution in [3.8, 4) is 28.7 Å². The standard InChI is InChI=1S/C19H20N2O2S/c1-3-23-17-10-12(8-9-16(17)22-2)18-13-6-4-5-7-15(13)21-19(24)14(18)11-20/h8-10H,3-7H2,1-2H3,(H,21,24). The van der Waals surface area contributed by atoms with Crippen molar-refractivity contribution in [2.45, 2.75) is 32.6 Å². The quantitative estimate of drug-likeness (QED) is 0.828. The second kappa shape index (κ2) is 7.06. The molecule has 0 radical (unpaired) electrons. The van der Waals surface area contributed by atoms with E-state index in [2.05, 4.69) is 11.1 Å². The minimum absolute atomic E-state index is 0.516. The average molecular weight is 340 g/mol. The van der Waals surface area contributed by atoms with Crippen LogP contribution >= 0.6 is 12.2 Å². The lowest BCUT2D eigenvalue weighted by atomic mass is 9.87. The van der Waals surface area contributed by atoms with Crippen LogP contribution in [0.1, 0.15) is 36.6 Å². The number of benzene rings is 1. The van der Waals surface area contributed by atoms with Gasteiger partial charge in [0.05, 0.1) is 19.3 Å². The van der Waals surface area contributed by atoms with Gasteiger partial charge in [0.25, 0.3) is 0 Å². The average Bonchev–Trinajstić information content (AvgIpc) is 2.60. The molecule has 0 saturated heterocycles. The number of methoxy groups -OCH3 is 1. The molecule has 5 heteroatoms. The molecule has 0 atom stereocenters. The fourth-order valence-corrected chi connectivity index (χ4v) is 3.58. The topological polar surface area (TPSA) is 58.0 Å². The molecule has 1 N–H and O–H groups in total. The van der Waals surface area contributed by atoms with Crippen molar-refractivity contribution in [2.75, 3.05) is 13.7 Å². The van der Waals surface area contributed by atoms with Gasteiger partial charge < -0.3 is 14.5 Å². The number of aryl methyl sites for hydroxylation is 1. The zero-order chi connectivity index (χ0) is 17.1. The Hall–Kier alpha value is -2.32. The van der Waals surface area contributed by atoms with Crippen molar-refractivity contribution < 1.29 is 9.47 Å². The molecule has 1 heterocycles. The molecule has 0 amide bonds. The number of aromatic amines is 1. The first-order valence-corrected chi connectivity index (χ1v) is 8.59. The Morgan fingerprint density at radius 1 is 1.25 bits per heavy atom. The summed E-state index contributed by atoms with van der Waals surface area (Å²) in [6.07, 6.45) is 4.22. The molecule has 0 spiro atoms. The smallest absolute Gasteiger partial charge is 0.161 e. The van der Waals surface area contributed by atoms with Gasteiger partial charge >= 0.3 is 0 Å². The molecule has 0 unspecified atom stereocenters. The van der Waals surface area contributed by atoms with Crippen LogP contribution in [-0.4, -0.2) is 18.7 Å². The SMILES string of the molecule is CCOc1cc(-c2c3c([nH]c(=S)c2C#N)CCCC3)ccc1OC. The molecule has 0 fully saturated rings. The van der Waals surface area contributed by atoms with Crippen LogP contribution in [0.2, 0.25) is 0 Å². The van der Waals surface area contributed by atoms with Crippen molar-refractivity contribution in [1.82, 2.24) is 4.98 Å². The van der Waals surface area contributed by atoms with E-state index in [4.69, 9.17) is 21.7 Å². The van der Waals surface area contributed by atoms with Crippen LogP contribution in [0.5, 0.6) is 11.5 Å². The van der Waals surface area contributed by atoms with Gasteiger partial charge in [-0.05, 0) is 55.9 Å². The zero-order valence-corrected chi connectivity index (χ0v) is 14.8. The lowest BCUT2D eigenvalue weighted by Gasteiger charge is -2.21. The number of fused-ring (bicyclic) bond motifs is 1. The summed E-state index contributed by atoms with van der Waals surface area (Å²) in [5.41, 5.74) is 4.81. The third-order valence-corrected chi connectivity index (χ3v) is 4.68. The summed E-state index contributed by atoms with van der Waals surface area (Å²) in [7, 11) is 1.62. The molecule has 4 nitrogen and oxygen atoms in total. The number of nitriles is 1. The molecule has 0 aliphatic heterocycles. The first-order chi connectivity index (χ1) is 11.7. The maximum Gasteiger partial charge on any atom is 0.161 e.